The first kappa shape index (κ1) is 11.2. The number of hydrogen-bond acceptors (Lipinski definition) is 0. The molecule has 0 saturated heterocycles. The molecule has 0 heterocycles. The van der Waals surface area contributed by atoms with Crippen LogP contribution in [-0.2, 0) is 6.42 Å². The number of rotatable bonds is 3. The molecule has 0 spiro atoms. The van der Waals surface area contributed by atoms with Crippen LogP contribution in [0, 0.1) is 0 Å². The quantitative estimate of drug-likeness (QED) is 0.681. The van der Waals surface area contributed by atoms with Crippen molar-refractivity contribution in [2.45, 2.75) is 24.1 Å². The molecular weight excluding hydrogens is 226 g/mol. The van der Waals surface area contributed by atoms with E-state index < -0.39 is 4.33 Å². The first-order valence-corrected chi connectivity index (χ1v) is 5.24. The minimum atomic E-state index is -0.667. The van der Waals surface area contributed by atoms with Crippen molar-refractivity contribution in [3.63, 3.8) is 0 Å². The Morgan fingerprint density at radius 3 is 2.38 bits per heavy atom. The highest BCUT2D eigenvalue weighted by atomic mass is 35.5. The summed E-state index contributed by atoms with van der Waals surface area (Å²) in [7, 11) is 0. The molecule has 0 saturated carbocycles. The number of halogens is 3. The van der Waals surface area contributed by atoms with Crippen LogP contribution in [0.2, 0.25) is 5.02 Å². The molecule has 0 unspecified atom stereocenters. The summed E-state index contributed by atoms with van der Waals surface area (Å²) < 4.78 is -0.667. The van der Waals surface area contributed by atoms with E-state index >= 15 is 0 Å². The molecule has 0 nitrogen and oxygen atoms in total. The fourth-order valence-electron chi connectivity index (χ4n) is 1.06. The van der Waals surface area contributed by atoms with E-state index in [9.17, 15) is 0 Å². The van der Waals surface area contributed by atoms with E-state index in [-0.39, 0.29) is 0 Å². The Kier molecular flexibility index (Phi) is 3.90. The molecule has 13 heavy (non-hydrogen) atoms. The van der Waals surface area contributed by atoms with Gasteiger partial charge in [0.2, 0.25) is 0 Å². The largest absolute Gasteiger partial charge is 0.115 e. The second-order valence-electron chi connectivity index (χ2n) is 3.16. The van der Waals surface area contributed by atoms with Gasteiger partial charge in [-0.1, -0.05) is 29.8 Å². The van der Waals surface area contributed by atoms with Crippen LogP contribution >= 0.6 is 34.8 Å². The SMILES string of the molecule is CC(Cl)(Cl)CCc1ccccc1Cl. The lowest BCUT2D eigenvalue weighted by Gasteiger charge is -2.12. The van der Waals surface area contributed by atoms with Gasteiger partial charge in [0.25, 0.3) is 0 Å². The Bertz CT molecular complexity index is 276. The van der Waals surface area contributed by atoms with Gasteiger partial charge in [-0.15, -0.1) is 23.2 Å². The van der Waals surface area contributed by atoms with Gasteiger partial charge in [-0.3, -0.25) is 0 Å². The van der Waals surface area contributed by atoms with Crippen molar-refractivity contribution in [2.24, 2.45) is 0 Å². The second-order valence-corrected chi connectivity index (χ2v) is 5.43. The average Bonchev–Trinajstić information content (AvgIpc) is 2.01. The molecular formula is C10H11Cl3. The maximum atomic E-state index is 5.97. The fraction of sp³-hybridized carbons (Fsp3) is 0.400. The first-order chi connectivity index (χ1) is 5.99. The Balaban J connectivity index is 2.60. The Labute approximate surface area is 93.8 Å². The summed E-state index contributed by atoms with van der Waals surface area (Å²) in [5.74, 6) is 0. The fourth-order valence-corrected chi connectivity index (χ4v) is 1.47. The normalized spacial score (nSPS) is 11.7. The van der Waals surface area contributed by atoms with E-state index in [1.54, 1.807) is 6.92 Å². The first-order valence-electron chi connectivity index (χ1n) is 4.10. The lowest BCUT2D eigenvalue weighted by Crippen LogP contribution is -2.07. The van der Waals surface area contributed by atoms with Crippen LogP contribution in [-0.4, -0.2) is 4.33 Å². The van der Waals surface area contributed by atoms with Crippen LogP contribution in [0.15, 0.2) is 24.3 Å². The molecule has 0 aliphatic carbocycles. The van der Waals surface area contributed by atoms with E-state index in [1.165, 1.54) is 0 Å². The molecule has 1 aromatic carbocycles. The Morgan fingerprint density at radius 1 is 1.23 bits per heavy atom. The summed E-state index contributed by atoms with van der Waals surface area (Å²) in [4.78, 5) is 0. The molecule has 0 bridgehead atoms. The van der Waals surface area contributed by atoms with E-state index in [1.807, 2.05) is 24.3 Å². The third kappa shape index (κ3) is 4.21. The van der Waals surface area contributed by atoms with Gasteiger partial charge in [-0.2, -0.15) is 0 Å². The summed E-state index contributed by atoms with van der Waals surface area (Å²) in [6, 6.07) is 7.73. The van der Waals surface area contributed by atoms with Crippen LogP contribution in [0.1, 0.15) is 18.9 Å². The second kappa shape index (κ2) is 4.54. The zero-order valence-electron chi connectivity index (χ0n) is 7.36. The van der Waals surface area contributed by atoms with Crippen LogP contribution in [0.3, 0.4) is 0 Å². The Morgan fingerprint density at radius 2 is 1.85 bits per heavy atom. The maximum absolute atomic E-state index is 5.97. The maximum Gasteiger partial charge on any atom is 0.115 e. The zero-order valence-corrected chi connectivity index (χ0v) is 9.63. The lowest BCUT2D eigenvalue weighted by molar-refractivity contribution is 0.748. The summed E-state index contributed by atoms with van der Waals surface area (Å²) in [5, 5.41) is 0.778. The van der Waals surface area contributed by atoms with Crippen molar-refractivity contribution in [3.05, 3.63) is 34.9 Å². The van der Waals surface area contributed by atoms with Gasteiger partial charge in [-0.25, -0.2) is 0 Å². The van der Waals surface area contributed by atoms with Crippen molar-refractivity contribution in [3.8, 4) is 0 Å². The van der Waals surface area contributed by atoms with Crippen molar-refractivity contribution in [1.29, 1.82) is 0 Å². The van der Waals surface area contributed by atoms with Gasteiger partial charge in [0.05, 0.1) is 0 Å². The smallest absolute Gasteiger partial charge is 0.102 e. The van der Waals surface area contributed by atoms with E-state index in [0.29, 0.717) is 6.42 Å². The van der Waals surface area contributed by atoms with Gasteiger partial charge >= 0.3 is 0 Å². The molecule has 0 atom stereocenters. The van der Waals surface area contributed by atoms with Gasteiger partial charge in [0.1, 0.15) is 4.33 Å². The van der Waals surface area contributed by atoms with Crippen LogP contribution < -0.4 is 0 Å². The minimum absolute atomic E-state index is 0.667. The molecule has 0 N–H and O–H groups in total. The summed E-state index contributed by atoms with van der Waals surface area (Å²) in [6.45, 7) is 1.78. The molecule has 1 aromatic rings. The van der Waals surface area contributed by atoms with E-state index in [2.05, 4.69) is 0 Å². The number of benzene rings is 1. The van der Waals surface area contributed by atoms with Gasteiger partial charge in [0, 0.05) is 5.02 Å². The molecule has 1 rings (SSSR count). The van der Waals surface area contributed by atoms with Gasteiger partial charge in [-0.05, 0) is 31.4 Å². The molecule has 0 amide bonds. The summed E-state index contributed by atoms with van der Waals surface area (Å²) in [6.07, 6.45) is 1.52. The standard InChI is InChI=1S/C10H11Cl3/c1-10(12,13)7-6-8-4-2-3-5-9(8)11/h2-5H,6-7H2,1H3. The molecule has 3 heteroatoms. The average molecular weight is 238 g/mol. The number of aryl methyl sites for hydroxylation is 1. The minimum Gasteiger partial charge on any atom is -0.102 e. The highest BCUT2D eigenvalue weighted by Gasteiger charge is 2.16. The third-order valence-corrected chi connectivity index (χ3v) is 2.54. The number of hydrogen-bond donors (Lipinski definition) is 0. The van der Waals surface area contributed by atoms with Crippen LogP contribution in [0.4, 0.5) is 0 Å². The predicted molar refractivity (Wildman–Crippen MR) is 59.9 cm³/mol. The van der Waals surface area contributed by atoms with Gasteiger partial charge in [0.15, 0.2) is 0 Å². The molecule has 0 fully saturated rings. The van der Waals surface area contributed by atoms with Crippen molar-refractivity contribution in [1.82, 2.24) is 0 Å². The molecule has 72 valence electrons. The summed E-state index contributed by atoms with van der Waals surface area (Å²) in [5.41, 5.74) is 1.09. The summed E-state index contributed by atoms with van der Waals surface area (Å²) >= 11 is 17.7. The predicted octanol–water partition coefficient (Wildman–Crippen LogP) is 4.47. The van der Waals surface area contributed by atoms with Crippen molar-refractivity contribution >= 4 is 34.8 Å². The number of alkyl halides is 2. The van der Waals surface area contributed by atoms with Crippen LogP contribution in [0.25, 0.3) is 0 Å². The van der Waals surface area contributed by atoms with Crippen molar-refractivity contribution < 1.29 is 0 Å². The van der Waals surface area contributed by atoms with Crippen molar-refractivity contribution in [2.75, 3.05) is 0 Å². The lowest BCUT2D eigenvalue weighted by atomic mass is 10.1. The third-order valence-electron chi connectivity index (χ3n) is 1.79. The van der Waals surface area contributed by atoms with E-state index in [0.717, 1.165) is 17.0 Å². The molecule has 0 aliphatic heterocycles. The van der Waals surface area contributed by atoms with Crippen LogP contribution in [0.5, 0.6) is 0 Å². The van der Waals surface area contributed by atoms with Gasteiger partial charge < -0.3 is 0 Å². The molecule has 0 radical (unpaired) electrons. The van der Waals surface area contributed by atoms with E-state index in [4.69, 9.17) is 34.8 Å². The zero-order chi connectivity index (χ0) is 9.90. The monoisotopic (exact) mass is 236 g/mol. The topological polar surface area (TPSA) is 0 Å². The molecule has 0 aromatic heterocycles. The molecule has 0 aliphatic rings. The highest BCUT2D eigenvalue weighted by Crippen LogP contribution is 2.27. The Hall–Kier alpha value is 0.0900. The highest BCUT2D eigenvalue weighted by molar-refractivity contribution is 6.48.